The van der Waals surface area contributed by atoms with E-state index in [2.05, 4.69) is 54.7 Å². The van der Waals surface area contributed by atoms with Gasteiger partial charge < -0.3 is 15.4 Å². The monoisotopic (exact) mass is 352 g/mol. The molecule has 0 spiro atoms. The fourth-order valence-electron chi connectivity index (χ4n) is 2.96. The quantitative estimate of drug-likeness (QED) is 0.585. The van der Waals surface area contributed by atoms with Crippen LogP contribution in [0.5, 0.6) is 0 Å². The molecule has 1 aliphatic heterocycles. The molecule has 1 fully saturated rings. The normalized spacial score (nSPS) is 18.0. The Balaban J connectivity index is 1.93. The van der Waals surface area contributed by atoms with Crippen LogP contribution >= 0.6 is 11.3 Å². The number of nitrogens with one attached hydrogen (secondary N) is 2. The molecule has 2 N–H and O–H groups in total. The van der Waals surface area contributed by atoms with Gasteiger partial charge in [-0.25, -0.2) is 4.99 Å². The van der Waals surface area contributed by atoms with Gasteiger partial charge in [0.25, 0.3) is 0 Å². The molecule has 24 heavy (non-hydrogen) atoms. The van der Waals surface area contributed by atoms with E-state index >= 15 is 0 Å². The van der Waals surface area contributed by atoms with Gasteiger partial charge in [-0.05, 0) is 36.8 Å². The highest BCUT2D eigenvalue weighted by Crippen LogP contribution is 2.16. The topological polar surface area (TPSA) is 48.9 Å². The average Bonchev–Trinajstić information content (AvgIpc) is 2.98. The van der Waals surface area contributed by atoms with Crippen LogP contribution < -0.4 is 10.6 Å². The van der Waals surface area contributed by atoms with Crippen molar-refractivity contribution in [2.75, 3.05) is 39.4 Å². The molecule has 1 aromatic rings. The van der Waals surface area contributed by atoms with Crippen molar-refractivity contribution in [1.82, 2.24) is 15.5 Å². The summed E-state index contributed by atoms with van der Waals surface area (Å²) in [5.41, 5.74) is 1.33. The third kappa shape index (κ3) is 5.76. The van der Waals surface area contributed by atoms with E-state index in [1.807, 2.05) is 0 Å². The number of guanidine groups is 1. The Hall–Kier alpha value is -1.11. The Labute approximate surface area is 150 Å². The Morgan fingerprint density at radius 3 is 2.67 bits per heavy atom. The van der Waals surface area contributed by atoms with Gasteiger partial charge in [0.15, 0.2) is 5.96 Å². The molecule has 2 heterocycles. The summed E-state index contributed by atoms with van der Waals surface area (Å²) in [6.45, 7) is 15.1. The Morgan fingerprint density at radius 2 is 2.08 bits per heavy atom. The number of morpholine rings is 1. The first-order chi connectivity index (χ1) is 11.6. The molecular formula is C18H32N4OS. The molecule has 2 rings (SSSR count). The molecule has 0 radical (unpaired) electrons. The summed E-state index contributed by atoms with van der Waals surface area (Å²) in [6, 6.07) is 2.66. The smallest absolute Gasteiger partial charge is 0.191 e. The van der Waals surface area contributed by atoms with Gasteiger partial charge in [-0.1, -0.05) is 13.8 Å². The first-order valence-corrected chi connectivity index (χ1v) is 9.86. The van der Waals surface area contributed by atoms with E-state index in [1.54, 1.807) is 11.3 Å². The number of hydrogen-bond acceptors (Lipinski definition) is 4. The van der Waals surface area contributed by atoms with Gasteiger partial charge in [-0.15, -0.1) is 11.3 Å². The van der Waals surface area contributed by atoms with Crippen molar-refractivity contribution in [3.8, 4) is 0 Å². The highest BCUT2D eigenvalue weighted by molar-refractivity contribution is 7.10. The van der Waals surface area contributed by atoms with Crippen molar-refractivity contribution in [3.05, 3.63) is 21.9 Å². The number of aliphatic imine (C=N–C) groups is 1. The SMILES string of the molecule is CCNC(=NCc1sccc1C)NCC(C(C)C)N1CCOCC1. The number of ether oxygens (including phenoxy) is 1. The van der Waals surface area contributed by atoms with Crippen molar-refractivity contribution in [1.29, 1.82) is 0 Å². The standard InChI is InChI=1S/C18H32N4OS/c1-5-19-18(21-13-17-15(4)6-11-24-17)20-12-16(14(2)3)22-7-9-23-10-8-22/h6,11,14,16H,5,7-10,12-13H2,1-4H3,(H2,19,20,21). The van der Waals surface area contributed by atoms with E-state index in [0.29, 0.717) is 12.0 Å². The van der Waals surface area contributed by atoms with Crippen LogP contribution in [0.3, 0.4) is 0 Å². The largest absolute Gasteiger partial charge is 0.379 e. The van der Waals surface area contributed by atoms with Gasteiger partial charge in [0.2, 0.25) is 0 Å². The van der Waals surface area contributed by atoms with Gasteiger partial charge in [-0.2, -0.15) is 0 Å². The highest BCUT2D eigenvalue weighted by Gasteiger charge is 2.23. The van der Waals surface area contributed by atoms with Crippen molar-refractivity contribution < 1.29 is 4.74 Å². The van der Waals surface area contributed by atoms with Crippen molar-refractivity contribution in [2.24, 2.45) is 10.9 Å². The maximum atomic E-state index is 5.49. The second kappa shape index (κ2) is 10.0. The average molecular weight is 353 g/mol. The molecule has 6 heteroatoms. The predicted molar refractivity (Wildman–Crippen MR) is 103 cm³/mol. The summed E-state index contributed by atoms with van der Waals surface area (Å²) in [4.78, 5) is 8.62. The lowest BCUT2D eigenvalue weighted by Crippen LogP contribution is -2.52. The first kappa shape index (κ1) is 19.2. The summed E-state index contributed by atoms with van der Waals surface area (Å²) in [5, 5.41) is 9.04. The molecular weight excluding hydrogens is 320 g/mol. The number of rotatable bonds is 7. The summed E-state index contributed by atoms with van der Waals surface area (Å²) in [7, 11) is 0. The van der Waals surface area contributed by atoms with Gasteiger partial charge >= 0.3 is 0 Å². The van der Waals surface area contributed by atoms with Gasteiger partial charge in [0, 0.05) is 37.1 Å². The second-order valence-electron chi connectivity index (χ2n) is 6.56. The van der Waals surface area contributed by atoms with E-state index in [0.717, 1.165) is 51.9 Å². The number of thiophene rings is 1. The molecule has 0 aromatic carbocycles. The molecule has 136 valence electrons. The zero-order valence-corrected chi connectivity index (χ0v) is 16.3. The van der Waals surface area contributed by atoms with E-state index in [9.17, 15) is 0 Å². The Morgan fingerprint density at radius 1 is 1.33 bits per heavy atom. The lowest BCUT2D eigenvalue weighted by molar-refractivity contribution is 0.00752. The third-order valence-electron chi connectivity index (χ3n) is 4.46. The van der Waals surface area contributed by atoms with Crippen LogP contribution in [0.2, 0.25) is 0 Å². The zero-order chi connectivity index (χ0) is 17.4. The molecule has 1 saturated heterocycles. The van der Waals surface area contributed by atoms with Gasteiger partial charge in [0.1, 0.15) is 0 Å². The van der Waals surface area contributed by atoms with Crippen molar-refractivity contribution in [2.45, 2.75) is 40.3 Å². The van der Waals surface area contributed by atoms with Gasteiger partial charge in [-0.3, -0.25) is 4.90 Å². The highest BCUT2D eigenvalue weighted by atomic mass is 32.1. The van der Waals surface area contributed by atoms with E-state index < -0.39 is 0 Å². The minimum atomic E-state index is 0.501. The molecule has 1 unspecified atom stereocenters. The Bertz CT molecular complexity index is 509. The predicted octanol–water partition coefficient (Wildman–Crippen LogP) is 2.47. The summed E-state index contributed by atoms with van der Waals surface area (Å²) in [5.74, 6) is 1.50. The molecule has 1 aromatic heterocycles. The number of hydrogen-bond donors (Lipinski definition) is 2. The lowest BCUT2D eigenvalue weighted by Gasteiger charge is -2.37. The van der Waals surface area contributed by atoms with Crippen LogP contribution in [0, 0.1) is 12.8 Å². The molecule has 0 amide bonds. The summed E-state index contributed by atoms with van der Waals surface area (Å²) < 4.78 is 5.49. The maximum Gasteiger partial charge on any atom is 0.191 e. The maximum absolute atomic E-state index is 5.49. The van der Waals surface area contributed by atoms with E-state index in [1.165, 1.54) is 10.4 Å². The summed E-state index contributed by atoms with van der Waals surface area (Å²) in [6.07, 6.45) is 0. The second-order valence-corrected chi connectivity index (χ2v) is 7.56. The van der Waals surface area contributed by atoms with Crippen LogP contribution in [-0.2, 0) is 11.3 Å². The fourth-order valence-corrected chi connectivity index (χ4v) is 3.78. The van der Waals surface area contributed by atoms with Crippen LogP contribution in [-0.4, -0.2) is 56.3 Å². The van der Waals surface area contributed by atoms with Crippen LogP contribution in [0.25, 0.3) is 0 Å². The molecule has 5 nitrogen and oxygen atoms in total. The van der Waals surface area contributed by atoms with Crippen LogP contribution in [0.1, 0.15) is 31.2 Å². The molecule has 0 saturated carbocycles. The third-order valence-corrected chi connectivity index (χ3v) is 5.46. The van der Waals surface area contributed by atoms with E-state index in [4.69, 9.17) is 9.73 Å². The van der Waals surface area contributed by atoms with Crippen LogP contribution in [0.15, 0.2) is 16.4 Å². The van der Waals surface area contributed by atoms with Crippen molar-refractivity contribution >= 4 is 17.3 Å². The van der Waals surface area contributed by atoms with Crippen LogP contribution in [0.4, 0.5) is 0 Å². The fraction of sp³-hybridized carbons (Fsp3) is 0.722. The first-order valence-electron chi connectivity index (χ1n) is 8.98. The molecule has 1 aliphatic rings. The van der Waals surface area contributed by atoms with E-state index in [-0.39, 0.29) is 0 Å². The lowest BCUT2D eigenvalue weighted by atomic mass is 10.0. The molecule has 0 bridgehead atoms. The number of nitrogens with zero attached hydrogens (tertiary/aromatic N) is 2. The molecule has 0 aliphatic carbocycles. The number of aryl methyl sites for hydroxylation is 1. The van der Waals surface area contributed by atoms with Crippen molar-refractivity contribution in [3.63, 3.8) is 0 Å². The Kier molecular flexibility index (Phi) is 8.02. The minimum Gasteiger partial charge on any atom is -0.379 e. The minimum absolute atomic E-state index is 0.501. The van der Waals surface area contributed by atoms with Gasteiger partial charge in [0.05, 0.1) is 19.8 Å². The summed E-state index contributed by atoms with van der Waals surface area (Å²) >= 11 is 1.78. The zero-order valence-electron chi connectivity index (χ0n) is 15.5. The molecule has 1 atom stereocenters.